The lowest BCUT2D eigenvalue weighted by atomic mass is 10.1. The summed E-state index contributed by atoms with van der Waals surface area (Å²) in [7, 11) is 0. The molecule has 0 amide bonds. The van der Waals surface area contributed by atoms with Gasteiger partial charge in [0.2, 0.25) is 5.95 Å². The van der Waals surface area contributed by atoms with Gasteiger partial charge < -0.3 is 9.32 Å². The van der Waals surface area contributed by atoms with Crippen LogP contribution in [-0.4, -0.2) is 27.9 Å². The molecule has 1 saturated heterocycles. The number of piperidine rings is 1. The predicted molar refractivity (Wildman–Crippen MR) is 105 cm³/mol. The topological polar surface area (TPSA) is 47.1 Å². The van der Waals surface area contributed by atoms with E-state index in [0.29, 0.717) is 6.54 Å². The monoisotopic (exact) mass is 386 g/mol. The Labute approximate surface area is 162 Å². The maximum Gasteiger partial charge on any atom is 0.228 e. The SMILES string of the molecule is CC(Sc1nnc(N2CCCCC2)n1Cc1ccco1)c1cccc(F)c1. The Morgan fingerprint density at radius 3 is 2.74 bits per heavy atom. The first-order valence-corrected chi connectivity index (χ1v) is 10.2. The number of hydrogen-bond donors (Lipinski definition) is 0. The van der Waals surface area contributed by atoms with Gasteiger partial charge in [0.05, 0.1) is 12.8 Å². The van der Waals surface area contributed by atoms with Crippen molar-refractivity contribution in [3.8, 4) is 0 Å². The predicted octanol–water partition coefficient (Wildman–Crippen LogP) is 4.90. The standard InChI is InChI=1S/C20H23FN4OS/c1-15(16-7-5-8-17(21)13-16)27-20-23-22-19(24-10-3-2-4-11-24)25(20)14-18-9-6-12-26-18/h5-9,12-13,15H,2-4,10-11,14H2,1H3. The minimum absolute atomic E-state index is 0.0643. The maximum absolute atomic E-state index is 13.6. The molecular formula is C20H23FN4OS. The molecule has 1 aliphatic rings. The Morgan fingerprint density at radius 2 is 2.00 bits per heavy atom. The smallest absolute Gasteiger partial charge is 0.228 e. The number of furan rings is 1. The van der Waals surface area contributed by atoms with Crippen molar-refractivity contribution in [2.45, 2.75) is 43.1 Å². The average Bonchev–Trinajstić information content (AvgIpc) is 3.33. The van der Waals surface area contributed by atoms with E-state index in [1.54, 1.807) is 30.2 Å². The van der Waals surface area contributed by atoms with Gasteiger partial charge in [0, 0.05) is 18.3 Å². The van der Waals surface area contributed by atoms with Crippen molar-refractivity contribution in [2.75, 3.05) is 18.0 Å². The summed E-state index contributed by atoms with van der Waals surface area (Å²) in [6.07, 6.45) is 5.30. The van der Waals surface area contributed by atoms with Crippen molar-refractivity contribution in [1.29, 1.82) is 0 Å². The van der Waals surface area contributed by atoms with Crippen LogP contribution in [0.3, 0.4) is 0 Å². The molecule has 3 aromatic rings. The highest BCUT2D eigenvalue weighted by Gasteiger charge is 2.22. The molecule has 1 aromatic carbocycles. The Balaban J connectivity index is 1.61. The molecular weight excluding hydrogens is 363 g/mol. The molecule has 7 heteroatoms. The van der Waals surface area contributed by atoms with E-state index in [1.807, 2.05) is 18.2 Å². The summed E-state index contributed by atoms with van der Waals surface area (Å²) in [6.45, 7) is 4.65. The van der Waals surface area contributed by atoms with Crippen molar-refractivity contribution >= 4 is 17.7 Å². The number of halogens is 1. The van der Waals surface area contributed by atoms with Crippen molar-refractivity contribution in [3.05, 3.63) is 59.8 Å². The van der Waals surface area contributed by atoms with Crippen molar-refractivity contribution < 1.29 is 8.81 Å². The van der Waals surface area contributed by atoms with Crippen molar-refractivity contribution in [3.63, 3.8) is 0 Å². The third-order valence-electron chi connectivity index (χ3n) is 4.83. The van der Waals surface area contributed by atoms with Gasteiger partial charge in [-0.3, -0.25) is 4.57 Å². The van der Waals surface area contributed by atoms with Crippen LogP contribution in [0.15, 0.2) is 52.2 Å². The Hall–Kier alpha value is -2.28. The lowest BCUT2D eigenvalue weighted by Gasteiger charge is -2.27. The van der Waals surface area contributed by atoms with Gasteiger partial charge >= 0.3 is 0 Å². The highest BCUT2D eigenvalue weighted by Crippen LogP contribution is 2.36. The largest absolute Gasteiger partial charge is 0.467 e. The molecule has 4 rings (SSSR count). The van der Waals surface area contributed by atoms with E-state index in [4.69, 9.17) is 4.42 Å². The third kappa shape index (κ3) is 4.18. The molecule has 0 saturated carbocycles. The van der Waals surface area contributed by atoms with Gasteiger partial charge in [-0.05, 0) is 56.0 Å². The van der Waals surface area contributed by atoms with Crippen LogP contribution in [-0.2, 0) is 6.54 Å². The maximum atomic E-state index is 13.6. The molecule has 3 heterocycles. The van der Waals surface area contributed by atoms with E-state index in [9.17, 15) is 4.39 Å². The summed E-state index contributed by atoms with van der Waals surface area (Å²) < 4.78 is 21.3. The van der Waals surface area contributed by atoms with Crippen LogP contribution >= 0.6 is 11.8 Å². The third-order valence-corrected chi connectivity index (χ3v) is 5.97. The molecule has 1 aliphatic heterocycles. The van der Waals surface area contributed by atoms with E-state index >= 15 is 0 Å². The molecule has 5 nitrogen and oxygen atoms in total. The number of hydrogen-bond acceptors (Lipinski definition) is 5. The second-order valence-corrected chi connectivity index (χ2v) is 8.12. The van der Waals surface area contributed by atoms with Crippen LogP contribution in [0, 0.1) is 5.82 Å². The minimum atomic E-state index is -0.217. The molecule has 27 heavy (non-hydrogen) atoms. The number of nitrogens with zero attached hydrogens (tertiary/aromatic N) is 4. The molecule has 2 aromatic heterocycles. The first-order valence-electron chi connectivity index (χ1n) is 9.33. The fourth-order valence-electron chi connectivity index (χ4n) is 3.38. The van der Waals surface area contributed by atoms with E-state index in [2.05, 4.69) is 26.6 Å². The highest BCUT2D eigenvalue weighted by atomic mass is 32.2. The van der Waals surface area contributed by atoms with Gasteiger partial charge in [-0.1, -0.05) is 23.9 Å². The molecule has 1 fully saturated rings. The molecule has 0 N–H and O–H groups in total. The Morgan fingerprint density at radius 1 is 1.15 bits per heavy atom. The molecule has 142 valence electrons. The average molecular weight is 386 g/mol. The van der Waals surface area contributed by atoms with Gasteiger partial charge in [0.1, 0.15) is 11.6 Å². The quantitative estimate of drug-likeness (QED) is 0.564. The van der Waals surface area contributed by atoms with Crippen molar-refractivity contribution in [2.24, 2.45) is 0 Å². The number of rotatable bonds is 6. The fourth-order valence-corrected chi connectivity index (χ4v) is 4.34. The number of benzene rings is 1. The zero-order chi connectivity index (χ0) is 18.6. The van der Waals surface area contributed by atoms with E-state index in [0.717, 1.165) is 35.5 Å². The number of thioether (sulfide) groups is 1. The van der Waals surface area contributed by atoms with Crippen LogP contribution in [0.1, 0.15) is 42.8 Å². The lowest BCUT2D eigenvalue weighted by Crippen LogP contribution is -2.32. The highest BCUT2D eigenvalue weighted by molar-refractivity contribution is 7.99. The van der Waals surface area contributed by atoms with Gasteiger partial charge in [-0.25, -0.2) is 4.39 Å². The zero-order valence-electron chi connectivity index (χ0n) is 15.3. The number of aromatic nitrogens is 3. The van der Waals surface area contributed by atoms with Gasteiger partial charge in [-0.2, -0.15) is 0 Å². The van der Waals surface area contributed by atoms with Gasteiger partial charge in [0.15, 0.2) is 5.16 Å². The van der Waals surface area contributed by atoms with Crippen LogP contribution in [0.2, 0.25) is 0 Å². The zero-order valence-corrected chi connectivity index (χ0v) is 16.2. The normalized spacial score (nSPS) is 15.9. The first-order chi connectivity index (χ1) is 13.2. The fraction of sp³-hybridized carbons (Fsp3) is 0.400. The Kier molecular flexibility index (Phi) is 5.48. The van der Waals surface area contributed by atoms with Crippen LogP contribution in [0.5, 0.6) is 0 Å². The summed E-state index contributed by atoms with van der Waals surface area (Å²) >= 11 is 1.59. The molecule has 0 radical (unpaired) electrons. The van der Waals surface area contributed by atoms with Crippen LogP contribution in [0.4, 0.5) is 10.3 Å². The van der Waals surface area contributed by atoms with E-state index in [1.165, 1.54) is 25.3 Å². The molecule has 0 bridgehead atoms. The lowest BCUT2D eigenvalue weighted by molar-refractivity contribution is 0.479. The van der Waals surface area contributed by atoms with Crippen LogP contribution < -0.4 is 4.90 Å². The van der Waals surface area contributed by atoms with E-state index in [-0.39, 0.29) is 11.1 Å². The summed E-state index contributed by atoms with van der Waals surface area (Å²) in [5, 5.41) is 9.83. The number of anilines is 1. The first kappa shape index (κ1) is 18.1. The molecule has 1 unspecified atom stereocenters. The second-order valence-electron chi connectivity index (χ2n) is 6.81. The molecule has 1 atom stereocenters. The van der Waals surface area contributed by atoms with Gasteiger partial charge in [0.25, 0.3) is 0 Å². The molecule has 0 aliphatic carbocycles. The summed E-state index contributed by atoms with van der Waals surface area (Å²) in [6, 6.07) is 10.6. The van der Waals surface area contributed by atoms with E-state index < -0.39 is 0 Å². The summed E-state index contributed by atoms with van der Waals surface area (Å²) in [4.78, 5) is 2.30. The summed E-state index contributed by atoms with van der Waals surface area (Å²) in [5.74, 6) is 1.54. The van der Waals surface area contributed by atoms with Crippen molar-refractivity contribution in [1.82, 2.24) is 14.8 Å². The second kappa shape index (κ2) is 8.17. The Bertz CT molecular complexity index is 874. The van der Waals surface area contributed by atoms with Crippen LogP contribution in [0.25, 0.3) is 0 Å². The molecule has 0 spiro atoms. The minimum Gasteiger partial charge on any atom is -0.467 e. The van der Waals surface area contributed by atoms with Gasteiger partial charge in [-0.15, -0.1) is 10.2 Å². The summed E-state index contributed by atoms with van der Waals surface area (Å²) in [5.41, 5.74) is 0.937.